The molecule has 0 spiro atoms. The van der Waals surface area contributed by atoms with Crippen LogP contribution in [0.25, 0.3) is 0 Å². The maximum atomic E-state index is 12.8. The van der Waals surface area contributed by atoms with E-state index in [2.05, 4.69) is 0 Å². The first kappa shape index (κ1) is 22.9. The average molecular weight is 451 g/mol. The molecule has 1 fully saturated rings. The van der Waals surface area contributed by atoms with Crippen molar-refractivity contribution >= 4 is 33.5 Å². The number of hydrogen-bond donors (Lipinski definition) is 0. The molecule has 3 rings (SSSR count). The van der Waals surface area contributed by atoms with Crippen molar-refractivity contribution in [2.75, 3.05) is 25.2 Å². The predicted molar refractivity (Wildman–Crippen MR) is 111 cm³/mol. The smallest absolute Gasteiger partial charge is 0.329 e. The topological polar surface area (TPSA) is 118 Å². The summed E-state index contributed by atoms with van der Waals surface area (Å²) in [6.45, 7) is 3.10. The van der Waals surface area contributed by atoms with Crippen LogP contribution in [-0.4, -0.2) is 79.2 Å². The van der Waals surface area contributed by atoms with Gasteiger partial charge in [0.1, 0.15) is 6.04 Å². The lowest BCUT2D eigenvalue weighted by molar-refractivity contribution is -0.155. The van der Waals surface area contributed by atoms with Crippen LogP contribution in [0.2, 0.25) is 0 Å². The van der Waals surface area contributed by atoms with Gasteiger partial charge in [-0.05, 0) is 30.9 Å². The molecule has 2 atom stereocenters. The van der Waals surface area contributed by atoms with E-state index in [0.29, 0.717) is 6.42 Å². The Morgan fingerprint density at radius 1 is 1.16 bits per heavy atom. The molecule has 168 valence electrons. The Balaban J connectivity index is 1.69. The first-order valence-electron chi connectivity index (χ1n) is 10.1. The molecule has 1 aromatic carbocycles. The molecule has 0 saturated carbocycles. The largest absolute Gasteiger partial charge is 0.454 e. The summed E-state index contributed by atoms with van der Waals surface area (Å²) in [5, 5.41) is 0. The van der Waals surface area contributed by atoms with Crippen LogP contribution in [0.3, 0.4) is 0 Å². The van der Waals surface area contributed by atoms with Crippen molar-refractivity contribution in [1.82, 2.24) is 9.80 Å². The fourth-order valence-corrected chi connectivity index (χ4v) is 5.63. The summed E-state index contributed by atoms with van der Waals surface area (Å²) in [6.07, 6.45) is 0.527. The highest BCUT2D eigenvalue weighted by molar-refractivity contribution is 7.91. The van der Waals surface area contributed by atoms with Crippen LogP contribution in [0.15, 0.2) is 24.3 Å². The van der Waals surface area contributed by atoms with Gasteiger partial charge in [0, 0.05) is 13.1 Å². The monoisotopic (exact) mass is 450 g/mol. The van der Waals surface area contributed by atoms with Gasteiger partial charge in [-0.25, -0.2) is 13.2 Å². The molecule has 2 aliphatic rings. The SMILES string of the molecule is CC(C)CC(C(=O)OCC(=O)N(C)C1CCS(=O)(=O)C1)N1C(=O)c2ccccc2C1=O. The van der Waals surface area contributed by atoms with Crippen LogP contribution < -0.4 is 0 Å². The van der Waals surface area contributed by atoms with Gasteiger partial charge in [-0.15, -0.1) is 0 Å². The highest BCUT2D eigenvalue weighted by Crippen LogP contribution is 2.27. The van der Waals surface area contributed by atoms with Crippen molar-refractivity contribution in [2.24, 2.45) is 5.92 Å². The molecule has 3 amide bonds. The minimum absolute atomic E-state index is 0.0191. The Morgan fingerprint density at radius 3 is 2.23 bits per heavy atom. The van der Waals surface area contributed by atoms with E-state index in [1.807, 2.05) is 13.8 Å². The van der Waals surface area contributed by atoms with Gasteiger partial charge >= 0.3 is 5.97 Å². The fourth-order valence-electron chi connectivity index (χ4n) is 3.86. The number of imide groups is 1. The summed E-state index contributed by atoms with van der Waals surface area (Å²) >= 11 is 0. The number of nitrogens with zero attached hydrogens (tertiary/aromatic N) is 2. The second-order valence-electron chi connectivity index (χ2n) is 8.34. The Bertz CT molecular complexity index is 983. The zero-order chi connectivity index (χ0) is 22.9. The highest BCUT2D eigenvalue weighted by atomic mass is 32.2. The van der Waals surface area contributed by atoms with Crippen molar-refractivity contribution in [3.63, 3.8) is 0 Å². The third-order valence-electron chi connectivity index (χ3n) is 5.59. The third kappa shape index (κ3) is 4.79. The number of hydrogen-bond acceptors (Lipinski definition) is 7. The quantitative estimate of drug-likeness (QED) is 0.447. The Labute approximate surface area is 181 Å². The summed E-state index contributed by atoms with van der Waals surface area (Å²) in [5.74, 6) is -2.64. The Hall–Kier alpha value is -2.75. The molecule has 9 nitrogen and oxygen atoms in total. The molecule has 0 aromatic heterocycles. The van der Waals surface area contributed by atoms with Gasteiger partial charge in [0.05, 0.1) is 22.6 Å². The van der Waals surface area contributed by atoms with E-state index in [-0.39, 0.29) is 35.0 Å². The molecule has 0 aliphatic carbocycles. The van der Waals surface area contributed by atoms with E-state index in [1.54, 1.807) is 12.1 Å². The summed E-state index contributed by atoms with van der Waals surface area (Å²) < 4.78 is 28.5. The van der Waals surface area contributed by atoms with Crippen LogP contribution >= 0.6 is 0 Å². The molecule has 0 radical (unpaired) electrons. The van der Waals surface area contributed by atoms with E-state index in [1.165, 1.54) is 24.1 Å². The second-order valence-corrected chi connectivity index (χ2v) is 10.6. The molecule has 2 aliphatic heterocycles. The van der Waals surface area contributed by atoms with E-state index in [4.69, 9.17) is 4.74 Å². The number of benzene rings is 1. The van der Waals surface area contributed by atoms with Gasteiger partial charge in [0.2, 0.25) is 0 Å². The normalized spacial score (nSPS) is 20.6. The minimum atomic E-state index is -3.17. The molecular weight excluding hydrogens is 424 g/mol. The van der Waals surface area contributed by atoms with Gasteiger partial charge in [0.15, 0.2) is 16.4 Å². The van der Waals surface area contributed by atoms with Crippen LogP contribution in [0.1, 0.15) is 47.4 Å². The maximum absolute atomic E-state index is 12.8. The number of sulfone groups is 1. The molecular formula is C21H26N2O7S. The lowest BCUT2D eigenvalue weighted by Crippen LogP contribution is -2.47. The first-order chi connectivity index (χ1) is 14.5. The number of carbonyl (C=O) groups is 4. The van der Waals surface area contributed by atoms with Gasteiger partial charge in [-0.1, -0.05) is 26.0 Å². The van der Waals surface area contributed by atoms with Crippen LogP contribution in [-0.2, 0) is 24.2 Å². The Kier molecular flexibility index (Phi) is 6.49. The van der Waals surface area contributed by atoms with Crippen molar-refractivity contribution in [3.05, 3.63) is 35.4 Å². The van der Waals surface area contributed by atoms with Gasteiger partial charge < -0.3 is 9.64 Å². The van der Waals surface area contributed by atoms with Crippen molar-refractivity contribution in [3.8, 4) is 0 Å². The fraction of sp³-hybridized carbons (Fsp3) is 0.524. The molecule has 31 heavy (non-hydrogen) atoms. The number of carbonyl (C=O) groups excluding carboxylic acids is 4. The van der Waals surface area contributed by atoms with Crippen molar-refractivity contribution in [1.29, 1.82) is 0 Å². The number of fused-ring (bicyclic) bond motifs is 1. The molecule has 1 saturated heterocycles. The highest BCUT2D eigenvalue weighted by Gasteiger charge is 2.43. The lowest BCUT2D eigenvalue weighted by atomic mass is 10.0. The summed E-state index contributed by atoms with van der Waals surface area (Å²) in [5.41, 5.74) is 0.458. The molecule has 1 aromatic rings. The lowest BCUT2D eigenvalue weighted by Gasteiger charge is -2.27. The zero-order valence-electron chi connectivity index (χ0n) is 17.7. The van der Waals surface area contributed by atoms with Gasteiger partial charge in [-0.3, -0.25) is 19.3 Å². The molecule has 2 unspecified atom stereocenters. The minimum Gasteiger partial charge on any atom is -0.454 e. The van der Waals surface area contributed by atoms with E-state index in [0.717, 1.165) is 4.90 Å². The molecule has 0 bridgehead atoms. The predicted octanol–water partition coefficient (Wildman–Crippen LogP) is 0.886. The average Bonchev–Trinajstić information content (AvgIpc) is 3.20. The molecule has 10 heteroatoms. The summed E-state index contributed by atoms with van der Waals surface area (Å²) in [4.78, 5) is 53.0. The van der Waals surface area contributed by atoms with Gasteiger partial charge in [0.25, 0.3) is 17.7 Å². The summed E-state index contributed by atoms with van der Waals surface area (Å²) in [6, 6.07) is 4.72. The van der Waals surface area contributed by atoms with Crippen molar-refractivity contribution in [2.45, 2.75) is 38.8 Å². The molecule has 0 N–H and O–H groups in total. The number of ether oxygens (including phenoxy) is 1. The first-order valence-corrected chi connectivity index (χ1v) is 11.9. The number of rotatable bonds is 7. The van der Waals surface area contributed by atoms with E-state index < -0.39 is 52.2 Å². The third-order valence-corrected chi connectivity index (χ3v) is 7.34. The zero-order valence-corrected chi connectivity index (χ0v) is 18.6. The Morgan fingerprint density at radius 2 is 1.74 bits per heavy atom. The standard InChI is InChI=1S/C21H26N2O7S/c1-13(2)10-17(23-19(25)15-6-4-5-7-16(15)20(23)26)21(27)30-11-18(24)22(3)14-8-9-31(28,29)12-14/h4-7,13-14,17H,8-12H2,1-3H3. The summed E-state index contributed by atoms with van der Waals surface area (Å²) in [7, 11) is -1.70. The van der Waals surface area contributed by atoms with Crippen molar-refractivity contribution < 1.29 is 32.3 Å². The van der Waals surface area contributed by atoms with Crippen LogP contribution in [0, 0.1) is 5.92 Å². The van der Waals surface area contributed by atoms with E-state index in [9.17, 15) is 27.6 Å². The second kappa shape index (κ2) is 8.78. The number of amides is 3. The van der Waals surface area contributed by atoms with E-state index >= 15 is 0 Å². The number of likely N-dealkylation sites (N-methyl/N-ethyl adjacent to an activating group) is 1. The van der Waals surface area contributed by atoms with Crippen LogP contribution in [0.4, 0.5) is 0 Å². The van der Waals surface area contributed by atoms with Crippen LogP contribution in [0.5, 0.6) is 0 Å². The number of esters is 1. The maximum Gasteiger partial charge on any atom is 0.329 e. The van der Waals surface area contributed by atoms with Gasteiger partial charge in [-0.2, -0.15) is 0 Å². The molecule has 2 heterocycles.